The molecule has 0 amide bonds. The van der Waals surface area contributed by atoms with Crippen LogP contribution in [0.15, 0.2) is 6.20 Å². The maximum atomic E-state index is 9.01. The fourth-order valence-electron chi connectivity index (χ4n) is 1.47. The Labute approximate surface area is 84.2 Å². The number of hydrogen-bond donors (Lipinski definition) is 1. The zero-order valence-corrected chi connectivity index (χ0v) is 8.89. The molecule has 0 aromatic carbocycles. The highest BCUT2D eigenvalue weighted by atomic mass is 15.0. The number of H-pyrrole nitrogens is 1. The average molecular weight is 189 g/mol. The van der Waals surface area contributed by atoms with Crippen molar-refractivity contribution < 1.29 is 0 Å². The molecule has 1 saturated carbocycles. The van der Waals surface area contributed by atoms with Crippen molar-refractivity contribution in [1.29, 1.82) is 5.26 Å². The molecule has 1 N–H and O–H groups in total. The standard InChI is InChI=1S/C11H15N3/c1-10(2,3)8-6-13-9(14-8)11(7-12)4-5-11/h6H,4-5H2,1-3H3,(H,13,14). The largest absolute Gasteiger partial charge is 0.344 e. The fraction of sp³-hybridized carbons (Fsp3) is 0.636. The summed E-state index contributed by atoms with van der Waals surface area (Å²) in [5, 5.41) is 9.01. The molecule has 0 saturated heterocycles. The van der Waals surface area contributed by atoms with E-state index in [1.165, 1.54) is 0 Å². The molecule has 3 heteroatoms. The van der Waals surface area contributed by atoms with Gasteiger partial charge in [-0.25, -0.2) is 4.98 Å². The Bertz CT molecular complexity index is 385. The van der Waals surface area contributed by atoms with Crippen molar-refractivity contribution in [3.63, 3.8) is 0 Å². The second-order valence-corrected chi connectivity index (χ2v) is 5.09. The van der Waals surface area contributed by atoms with E-state index in [2.05, 4.69) is 36.8 Å². The molecule has 1 aliphatic carbocycles. The summed E-state index contributed by atoms with van der Waals surface area (Å²) in [7, 11) is 0. The maximum Gasteiger partial charge on any atom is 0.126 e. The van der Waals surface area contributed by atoms with Crippen LogP contribution in [0.25, 0.3) is 0 Å². The minimum absolute atomic E-state index is 0.0801. The Morgan fingerprint density at radius 3 is 2.50 bits per heavy atom. The van der Waals surface area contributed by atoms with Gasteiger partial charge in [-0.1, -0.05) is 20.8 Å². The summed E-state index contributed by atoms with van der Waals surface area (Å²) in [5.74, 6) is 0.852. The number of aromatic nitrogens is 2. The first-order valence-corrected chi connectivity index (χ1v) is 4.95. The van der Waals surface area contributed by atoms with Gasteiger partial charge in [-0.05, 0) is 12.8 Å². The number of imidazole rings is 1. The summed E-state index contributed by atoms with van der Waals surface area (Å²) in [4.78, 5) is 7.58. The van der Waals surface area contributed by atoms with Crippen LogP contribution in [0.3, 0.4) is 0 Å². The molecule has 14 heavy (non-hydrogen) atoms. The Hall–Kier alpha value is -1.30. The Balaban J connectivity index is 2.32. The van der Waals surface area contributed by atoms with Crippen molar-refractivity contribution in [1.82, 2.24) is 9.97 Å². The van der Waals surface area contributed by atoms with E-state index in [-0.39, 0.29) is 10.8 Å². The van der Waals surface area contributed by atoms with Gasteiger partial charge in [0.05, 0.1) is 6.07 Å². The summed E-state index contributed by atoms with van der Waals surface area (Å²) in [6.07, 6.45) is 3.74. The summed E-state index contributed by atoms with van der Waals surface area (Å²) in [6.45, 7) is 6.41. The smallest absolute Gasteiger partial charge is 0.126 e. The predicted octanol–water partition coefficient (Wildman–Crippen LogP) is 2.26. The molecule has 1 fully saturated rings. The molecule has 0 unspecified atom stereocenters. The second kappa shape index (κ2) is 2.60. The van der Waals surface area contributed by atoms with Crippen LogP contribution < -0.4 is 0 Å². The van der Waals surface area contributed by atoms with Gasteiger partial charge in [0, 0.05) is 17.3 Å². The number of rotatable bonds is 1. The third kappa shape index (κ3) is 1.31. The number of nitriles is 1. The average Bonchev–Trinajstić information content (AvgIpc) is 2.73. The zero-order chi connectivity index (χ0) is 10.4. The molecule has 0 bridgehead atoms. The van der Waals surface area contributed by atoms with Gasteiger partial charge < -0.3 is 4.98 Å². The number of hydrogen-bond acceptors (Lipinski definition) is 2. The number of aromatic amines is 1. The van der Waals surface area contributed by atoms with E-state index < -0.39 is 0 Å². The molecular weight excluding hydrogens is 174 g/mol. The van der Waals surface area contributed by atoms with Crippen molar-refractivity contribution >= 4 is 0 Å². The van der Waals surface area contributed by atoms with Crippen LogP contribution in [0.4, 0.5) is 0 Å². The van der Waals surface area contributed by atoms with Crippen molar-refractivity contribution in [2.75, 3.05) is 0 Å². The van der Waals surface area contributed by atoms with E-state index in [0.717, 1.165) is 24.4 Å². The highest BCUT2D eigenvalue weighted by Gasteiger charge is 2.47. The molecule has 1 aromatic heterocycles. The first-order valence-electron chi connectivity index (χ1n) is 4.95. The van der Waals surface area contributed by atoms with E-state index >= 15 is 0 Å². The second-order valence-electron chi connectivity index (χ2n) is 5.09. The van der Waals surface area contributed by atoms with Crippen LogP contribution >= 0.6 is 0 Å². The molecule has 74 valence electrons. The summed E-state index contributed by atoms with van der Waals surface area (Å²) in [5.41, 5.74) is 0.898. The van der Waals surface area contributed by atoms with Crippen molar-refractivity contribution in [2.24, 2.45) is 0 Å². The topological polar surface area (TPSA) is 52.5 Å². The molecule has 1 aliphatic rings. The van der Waals surface area contributed by atoms with Gasteiger partial charge in [0.15, 0.2) is 0 Å². The van der Waals surface area contributed by atoms with E-state index in [1.54, 1.807) is 0 Å². The lowest BCUT2D eigenvalue weighted by molar-refractivity contribution is 0.569. The summed E-state index contributed by atoms with van der Waals surface area (Å²) in [6, 6.07) is 2.34. The SMILES string of the molecule is CC(C)(C)c1cnc(C2(C#N)CC2)[nH]1. The Morgan fingerprint density at radius 2 is 2.14 bits per heavy atom. The van der Waals surface area contributed by atoms with Crippen LogP contribution in [0.1, 0.15) is 45.1 Å². The van der Waals surface area contributed by atoms with Crippen LogP contribution in [-0.2, 0) is 10.8 Å². The minimum Gasteiger partial charge on any atom is -0.344 e. The van der Waals surface area contributed by atoms with Crippen molar-refractivity contribution in [2.45, 2.75) is 44.4 Å². The van der Waals surface area contributed by atoms with Crippen molar-refractivity contribution in [3.05, 3.63) is 17.7 Å². The van der Waals surface area contributed by atoms with E-state index in [9.17, 15) is 0 Å². The van der Waals surface area contributed by atoms with E-state index in [4.69, 9.17) is 5.26 Å². The van der Waals surface area contributed by atoms with Gasteiger partial charge in [0.1, 0.15) is 11.2 Å². The molecule has 1 aromatic rings. The highest BCUT2D eigenvalue weighted by Crippen LogP contribution is 2.46. The van der Waals surface area contributed by atoms with Gasteiger partial charge >= 0.3 is 0 Å². The zero-order valence-electron chi connectivity index (χ0n) is 8.89. The van der Waals surface area contributed by atoms with E-state index in [1.807, 2.05) is 6.20 Å². The van der Waals surface area contributed by atoms with Crippen LogP contribution in [0.2, 0.25) is 0 Å². The monoisotopic (exact) mass is 189 g/mol. The summed E-state index contributed by atoms with van der Waals surface area (Å²) < 4.78 is 0. The van der Waals surface area contributed by atoms with Gasteiger partial charge in [0.25, 0.3) is 0 Å². The van der Waals surface area contributed by atoms with Crippen molar-refractivity contribution in [3.8, 4) is 6.07 Å². The lowest BCUT2D eigenvalue weighted by atomic mass is 9.93. The third-order valence-corrected chi connectivity index (χ3v) is 2.80. The first-order chi connectivity index (χ1) is 6.48. The lowest BCUT2D eigenvalue weighted by Crippen LogP contribution is -2.12. The predicted molar refractivity (Wildman–Crippen MR) is 53.8 cm³/mol. The number of nitrogens with zero attached hydrogens (tertiary/aromatic N) is 2. The molecule has 0 atom stereocenters. The molecule has 0 radical (unpaired) electrons. The van der Waals surface area contributed by atoms with Crippen LogP contribution in [0.5, 0.6) is 0 Å². The lowest BCUT2D eigenvalue weighted by Gasteiger charge is -2.15. The molecular formula is C11H15N3. The fourth-order valence-corrected chi connectivity index (χ4v) is 1.47. The Kier molecular flexibility index (Phi) is 1.72. The molecule has 1 heterocycles. The normalized spacial score (nSPS) is 19.0. The molecule has 2 rings (SSSR count). The highest BCUT2D eigenvalue weighted by molar-refractivity contribution is 5.31. The van der Waals surface area contributed by atoms with Gasteiger partial charge in [-0.3, -0.25) is 0 Å². The first kappa shape index (κ1) is 9.26. The number of nitrogens with one attached hydrogen (secondary N) is 1. The van der Waals surface area contributed by atoms with E-state index in [0.29, 0.717) is 0 Å². The quantitative estimate of drug-likeness (QED) is 0.736. The minimum atomic E-state index is -0.288. The third-order valence-electron chi connectivity index (χ3n) is 2.80. The molecule has 3 nitrogen and oxygen atoms in total. The van der Waals surface area contributed by atoms with Crippen LogP contribution in [-0.4, -0.2) is 9.97 Å². The van der Waals surface area contributed by atoms with Gasteiger partial charge in [-0.15, -0.1) is 0 Å². The van der Waals surface area contributed by atoms with Gasteiger partial charge in [0.2, 0.25) is 0 Å². The van der Waals surface area contributed by atoms with Gasteiger partial charge in [-0.2, -0.15) is 5.26 Å². The summed E-state index contributed by atoms with van der Waals surface area (Å²) >= 11 is 0. The maximum absolute atomic E-state index is 9.01. The molecule has 0 spiro atoms. The molecule has 0 aliphatic heterocycles. The Morgan fingerprint density at radius 1 is 1.50 bits per heavy atom. The van der Waals surface area contributed by atoms with Crippen LogP contribution in [0, 0.1) is 11.3 Å².